The Hall–Kier alpha value is -2.03. The molecule has 0 spiro atoms. The molecule has 0 aliphatic heterocycles. The van der Waals surface area contributed by atoms with Crippen molar-refractivity contribution < 1.29 is 4.74 Å². The van der Waals surface area contributed by atoms with Crippen molar-refractivity contribution in [2.24, 2.45) is 0 Å². The minimum atomic E-state index is 0.772. The number of nitrogens with zero attached hydrogens (tertiary/aromatic N) is 1. The Bertz CT molecular complexity index is 538. The first-order valence-electron chi connectivity index (χ1n) is 5.99. The van der Waals surface area contributed by atoms with Gasteiger partial charge in [-0.25, -0.2) is 0 Å². The molecular formula is C15H18N2O. The van der Waals surface area contributed by atoms with Gasteiger partial charge in [-0.05, 0) is 25.5 Å². The van der Waals surface area contributed by atoms with E-state index < -0.39 is 0 Å². The molecule has 0 radical (unpaired) electrons. The highest BCUT2D eigenvalue weighted by atomic mass is 16.5. The maximum absolute atomic E-state index is 5.29. The Morgan fingerprint density at radius 3 is 2.78 bits per heavy atom. The summed E-state index contributed by atoms with van der Waals surface area (Å²) in [6.07, 6.45) is 1.74. The molecule has 1 N–H and O–H groups in total. The van der Waals surface area contributed by atoms with Gasteiger partial charge in [0.15, 0.2) is 5.75 Å². The number of pyridine rings is 1. The van der Waals surface area contributed by atoms with Crippen molar-refractivity contribution in [1.29, 1.82) is 0 Å². The number of rotatable bonds is 4. The lowest BCUT2D eigenvalue weighted by atomic mass is 10.1. The molecule has 2 rings (SSSR count). The van der Waals surface area contributed by atoms with Crippen molar-refractivity contribution in [2.45, 2.75) is 20.4 Å². The minimum Gasteiger partial charge on any atom is -0.493 e. The lowest BCUT2D eigenvalue weighted by Gasteiger charge is -2.11. The van der Waals surface area contributed by atoms with Crippen LogP contribution in [-0.4, -0.2) is 12.1 Å². The molecule has 18 heavy (non-hydrogen) atoms. The van der Waals surface area contributed by atoms with E-state index in [1.165, 1.54) is 11.1 Å². The van der Waals surface area contributed by atoms with Crippen molar-refractivity contribution in [3.05, 3.63) is 53.3 Å². The number of ether oxygens (including phenoxy) is 1. The predicted octanol–water partition coefficient (Wildman–Crippen LogP) is 3.32. The molecule has 0 atom stereocenters. The lowest BCUT2D eigenvalue weighted by Crippen LogP contribution is -2.02. The Balaban J connectivity index is 2.12. The summed E-state index contributed by atoms with van der Waals surface area (Å²) in [4.78, 5) is 4.21. The van der Waals surface area contributed by atoms with Gasteiger partial charge >= 0.3 is 0 Å². The predicted molar refractivity (Wildman–Crippen MR) is 74.0 cm³/mol. The molecule has 1 aromatic carbocycles. The molecule has 0 aliphatic rings. The first-order chi connectivity index (χ1) is 8.69. The third-order valence-corrected chi connectivity index (χ3v) is 2.79. The average molecular weight is 242 g/mol. The van der Waals surface area contributed by atoms with Crippen LogP contribution in [0.5, 0.6) is 5.75 Å². The summed E-state index contributed by atoms with van der Waals surface area (Å²) in [5.41, 5.74) is 4.48. The normalized spacial score (nSPS) is 10.2. The molecule has 94 valence electrons. The van der Waals surface area contributed by atoms with Crippen LogP contribution in [0.2, 0.25) is 0 Å². The van der Waals surface area contributed by atoms with Gasteiger partial charge in [-0.1, -0.05) is 29.8 Å². The highest BCUT2D eigenvalue weighted by Crippen LogP contribution is 2.24. The second kappa shape index (κ2) is 5.54. The second-order valence-electron chi connectivity index (χ2n) is 4.37. The molecule has 3 heteroatoms. The number of methoxy groups -OCH3 is 1. The number of benzene rings is 1. The summed E-state index contributed by atoms with van der Waals surface area (Å²) >= 11 is 0. The molecule has 0 fully saturated rings. The van der Waals surface area contributed by atoms with Crippen LogP contribution in [0.4, 0.5) is 5.69 Å². The van der Waals surface area contributed by atoms with Gasteiger partial charge in [0, 0.05) is 12.2 Å². The van der Waals surface area contributed by atoms with Gasteiger partial charge in [-0.2, -0.15) is 0 Å². The van der Waals surface area contributed by atoms with Gasteiger partial charge in [0.1, 0.15) is 0 Å². The van der Waals surface area contributed by atoms with Crippen LogP contribution in [0.3, 0.4) is 0 Å². The summed E-state index contributed by atoms with van der Waals surface area (Å²) in [5, 5.41) is 3.38. The number of nitrogens with one attached hydrogen (secondary N) is 1. The van der Waals surface area contributed by atoms with E-state index in [9.17, 15) is 0 Å². The third-order valence-electron chi connectivity index (χ3n) is 2.79. The Kier molecular flexibility index (Phi) is 3.82. The zero-order valence-electron chi connectivity index (χ0n) is 11.0. The first kappa shape index (κ1) is 12.4. The Morgan fingerprint density at radius 1 is 1.22 bits per heavy atom. The summed E-state index contributed by atoms with van der Waals surface area (Å²) in [6, 6.07) is 10.4. The molecule has 0 bridgehead atoms. The largest absolute Gasteiger partial charge is 0.493 e. The van der Waals surface area contributed by atoms with E-state index in [4.69, 9.17) is 4.74 Å². The fraction of sp³-hybridized carbons (Fsp3) is 0.267. The van der Waals surface area contributed by atoms with Gasteiger partial charge in [0.2, 0.25) is 0 Å². The SMILES string of the molecule is COc1cnc(C)cc1NCc1cccc(C)c1. The quantitative estimate of drug-likeness (QED) is 0.893. The Labute approximate surface area is 108 Å². The fourth-order valence-corrected chi connectivity index (χ4v) is 1.87. The fourth-order valence-electron chi connectivity index (χ4n) is 1.87. The van der Waals surface area contributed by atoms with Crippen molar-refractivity contribution in [1.82, 2.24) is 4.98 Å². The van der Waals surface area contributed by atoms with Crippen LogP contribution < -0.4 is 10.1 Å². The van der Waals surface area contributed by atoms with Gasteiger partial charge in [0.05, 0.1) is 19.0 Å². The standard InChI is InChI=1S/C15H18N2O/c1-11-5-4-6-13(7-11)9-17-14-8-12(2)16-10-15(14)18-3/h4-8,10H,9H2,1-3H3,(H,16,17). The molecule has 1 aromatic heterocycles. The maximum Gasteiger partial charge on any atom is 0.160 e. The van der Waals surface area contributed by atoms with E-state index in [-0.39, 0.29) is 0 Å². The summed E-state index contributed by atoms with van der Waals surface area (Å²) in [6.45, 7) is 4.85. The van der Waals surface area contributed by atoms with Gasteiger partial charge in [-0.3, -0.25) is 4.98 Å². The molecule has 3 nitrogen and oxygen atoms in total. The smallest absolute Gasteiger partial charge is 0.160 e. The van der Waals surface area contributed by atoms with E-state index in [2.05, 4.69) is 41.5 Å². The van der Waals surface area contributed by atoms with Crippen LogP contribution in [0.15, 0.2) is 36.5 Å². The van der Waals surface area contributed by atoms with Gasteiger partial charge in [0.25, 0.3) is 0 Å². The van der Waals surface area contributed by atoms with Crippen molar-refractivity contribution >= 4 is 5.69 Å². The van der Waals surface area contributed by atoms with Crippen molar-refractivity contribution in [3.63, 3.8) is 0 Å². The molecule has 0 saturated carbocycles. The molecule has 0 amide bonds. The van der Waals surface area contributed by atoms with Crippen LogP contribution in [0, 0.1) is 13.8 Å². The summed E-state index contributed by atoms with van der Waals surface area (Å²) in [5.74, 6) is 0.772. The highest BCUT2D eigenvalue weighted by molar-refractivity contribution is 5.56. The number of hydrogen-bond acceptors (Lipinski definition) is 3. The minimum absolute atomic E-state index is 0.772. The molecule has 1 heterocycles. The third kappa shape index (κ3) is 3.00. The molecule has 2 aromatic rings. The topological polar surface area (TPSA) is 34.1 Å². The van der Waals surface area contributed by atoms with E-state index in [0.717, 1.165) is 23.7 Å². The highest BCUT2D eigenvalue weighted by Gasteiger charge is 2.03. The van der Waals surface area contributed by atoms with Gasteiger partial charge < -0.3 is 10.1 Å². The van der Waals surface area contributed by atoms with E-state index >= 15 is 0 Å². The average Bonchev–Trinajstić information content (AvgIpc) is 2.37. The van der Waals surface area contributed by atoms with E-state index in [0.29, 0.717) is 0 Å². The molecule has 0 unspecified atom stereocenters. The van der Waals surface area contributed by atoms with Crippen LogP contribution in [0.1, 0.15) is 16.8 Å². The Morgan fingerprint density at radius 2 is 2.06 bits per heavy atom. The van der Waals surface area contributed by atoms with Crippen LogP contribution in [-0.2, 0) is 6.54 Å². The van der Waals surface area contributed by atoms with Crippen molar-refractivity contribution in [3.8, 4) is 5.75 Å². The monoisotopic (exact) mass is 242 g/mol. The zero-order valence-corrected chi connectivity index (χ0v) is 11.0. The van der Waals surface area contributed by atoms with E-state index in [1.54, 1.807) is 13.3 Å². The van der Waals surface area contributed by atoms with Crippen LogP contribution in [0.25, 0.3) is 0 Å². The van der Waals surface area contributed by atoms with Gasteiger partial charge in [-0.15, -0.1) is 0 Å². The van der Waals surface area contributed by atoms with Crippen LogP contribution >= 0.6 is 0 Å². The van der Waals surface area contributed by atoms with Crippen molar-refractivity contribution in [2.75, 3.05) is 12.4 Å². The maximum atomic E-state index is 5.29. The second-order valence-corrected chi connectivity index (χ2v) is 4.37. The zero-order chi connectivity index (χ0) is 13.0. The number of hydrogen-bond donors (Lipinski definition) is 1. The number of aryl methyl sites for hydroxylation is 2. The number of anilines is 1. The summed E-state index contributed by atoms with van der Waals surface area (Å²) in [7, 11) is 1.66. The molecular weight excluding hydrogens is 224 g/mol. The number of aromatic nitrogens is 1. The molecule has 0 aliphatic carbocycles. The lowest BCUT2D eigenvalue weighted by molar-refractivity contribution is 0.414. The summed E-state index contributed by atoms with van der Waals surface area (Å²) < 4.78 is 5.29. The first-order valence-corrected chi connectivity index (χ1v) is 5.99. The molecule has 0 saturated heterocycles. The van der Waals surface area contributed by atoms with E-state index in [1.807, 2.05) is 13.0 Å².